The smallest absolute Gasteiger partial charge is 0.0279 e. The molecule has 1 aromatic carbocycles. The number of benzene rings is 1. The summed E-state index contributed by atoms with van der Waals surface area (Å²) in [7, 11) is 0. The van der Waals surface area contributed by atoms with Gasteiger partial charge in [-0.05, 0) is 36.8 Å². The molecule has 0 bridgehead atoms. The highest BCUT2D eigenvalue weighted by Gasteiger charge is 1.97. The quantitative estimate of drug-likeness (QED) is 0.289. The van der Waals surface area contributed by atoms with Crippen LogP contribution in [0.2, 0.25) is 0 Å². The molecule has 0 N–H and O–H groups in total. The average molecular weight is 317 g/mol. The summed E-state index contributed by atoms with van der Waals surface area (Å²) in [5, 5.41) is 0. The highest BCUT2D eigenvalue weighted by Crippen LogP contribution is 2.14. The van der Waals surface area contributed by atoms with E-state index in [0.717, 1.165) is 0 Å². The van der Waals surface area contributed by atoms with Crippen molar-refractivity contribution in [3.05, 3.63) is 35.4 Å². The van der Waals surface area contributed by atoms with Crippen LogP contribution < -0.4 is 0 Å². The van der Waals surface area contributed by atoms with Crippen molar-refractivity contribution in [2.24, 2.45) is 0 Å². The van der Waals surface area contributed by atoms with Gasteiger partial charge in [-0.15, -0.1) is 0 Å². The van der Waals surface area contributed by atoms with Gasteiger partial charge in [0.25, 0.3) is 0 Å². The topological polar surface area (TPSA) is 0 Å². The van der Waals surface area contributed by atoms with Gasteiger partial charge in [0.2, 0.25) is 0 Å². The van der Waals surface area contributed by atoms with E-state index < -0.39 is 0 Å². The second-order valence-corrected chi connectivity index (χ2v) is 7.21. The van der Waals surface area contributed by atoms with E-state index in [1.807, 2.05) is 0 Å². The highest BCUT2D eigenvalue weighted by atomic mass is 14.0. The van der Waals surface area contributed by atoms with E-state index >= 15 is 0 Å². The average Bonchev–Trinajstić information content (AvgIpc) is 2.58. The fourth-order valence-corrected chi connectivity index (χ4v) is 3.27. The Labute approximate surface area is 146 Å². The van der Waals surface area contributed by atoms with Gasteiger partial charge in [-0.3, -0.25) is 0 Å². The Hall–Kier alpha value is -0.780. The zero-order valence-electron chi connectivity index (χ0n) is 15.9. The third-order valence-corrected chi connectivity index (χ3v) is 4.91. The zero-order chi connectivity index (χ0) is 16.6. The lowest BCUT2D eigenvalue weighted by Crippen LogP contribution is -1.90. The van der Waals surface area contributed by atoms with Crippen molar-refractivity contribution in [2.45, 2.75) is 110 Å². The van der Waals surface area contributed by atoms with Crippen LogP contribution in [0.15, 0.2) is 24.3 Å². The lowest BCUT2D eigenvalue weighted by atomic mass is 10.0. The van der Waals surface area contributed by atoms with E-state index in [2.05, 4.69) is 38.1 Å². The first kappa shape index (κ1) is 20.3. The molecule has 0 aliphatic carbocycles. The second-order valence-electron chi connectivity index (χ2n) is 7.21. The lowest BCUT2D eigenvalue weighted by molar-refractivity contribution is 0.575. The Kier molecular flexibility index (Phi) is 13.0. The summed E-state index contributed by atoms with van der Waals surface area (Å²) in [5.41, 5.74) is 3.06. The van der Waals surface area contributed by atoms with Crippen LogP contribution in [-0.4, -0.2) is 0 Å². The standard InChI is InChI=1S/C23H40/c1-3-5-7-9-10-11-13-15-17-23-20-18-22(19-21-23)16-14-12-8-6-4-2/h18-21H,3-17H2,1-2H3. The van der Waals surface area contributed by atoms with Crippen molar-refractivity contribution in [1.82, 2.24) is 0 Å². The largest absolute Gasteiger partial charge is 0.0654 e. The summed E-state index contributed by atoms with van der Waals surface area (Å²) in [6.45, 7) is 4.57. The minimum Gasteiger partial charge on any atom is -0.0654 e. The summed E-state index contributed by atoms with van der Waals surface area (Å²) < 4.78 is 0. The van der Waals surface area contributed by atoms with Crippen LogP contribution in [0.1, 0.15) is 108 Å². The maximum Gasteiger partial charge on any atom is -0.0279 e. The summed E-state index contributed by atoms with van der Waals surface area (Å²) in [4.78, 5) is 0. The summed E-state index contributed by atoms with van der Waals surface area (Å²) >= 11 is 0. The van der Waals surface area contributed by atoms with E-state index in [1.165, 1.54) is 107 Å². The first-order chi connectivity index (χ1) is 11.4. The molecule has 0 saturated heterocycles. The molecule has 132 valence electrons. The maximum atomic E-state index is 2.36. The van der Waals surface area contributed by atoms with Crippen molar-refractivity contribution in [1.29, 1.82) is 0 Å². The minimum atomic E-state index is 1.27. The Balaban J connectivity index is 2.03. The predicted molar refractivity (Wildman–Crippen MR) is 105 cm³/mol. The number of aryl methyl sites for hydroxylation is 2. The molecule has 0 atom stereocenters. The van der Waals surface area contributed by atoms with Crippen LogP contribution in [0.25, 0.3) is 0 Å². The van der Waals surface area contributed by atoms with E-state index in [1.54, 1.807) is 0 Å². The number of hydrogen-bond acceptors (Lipinski definition) is 0. The molecule has 1 rings (SSSR count). The minimum absolute atomic E-state index is 1.27. The molecule has 0 aliphatic heterocycles. The molecular weight excluding hydrogens is 276 g/mol. The number of rotatable bonds is 15. The van der Waals surface area contributed by atoms with E-state index in [-0.39, 0.29) is 0 Å². The van der Waals surface area contributed by atoms with Gasteiger partial charge in [-0.25, -0.2) is 0 Å². The van der Waals surface area contributed by atoms with Gasteiger partial charge in [-0.1, -0.05) is 109 Å². The molecule has 0 heterocycles. The molecule has 0 amide bonds. The third-order valence-electron chi connectivity index (χ3n) is 4.91. The SMILES string of the molecule is CCCCCCCCCCc1ccc(CCCCCCC)cc1. The monoisotopic (exact) mass is 316 g/mol. The Bertz CT molecular complexity index is 349. The summed E-state index contributed by atoms with van der Waals surface area (Å²) in [6, 6.07) is 9.45. The Morgan fingerprint density at radius 1 is 0.435 bits per heavy atom. The van der Waals surface area contributed by atoms with Crippen molar-refractivity contribution in [3.63, 3.8) is 0 Å². The first-order valence-corrected chi connectivity index (χ1v) is 10.4. The van der Waals surface area contributed by atoms with Gasteiger partial charge in [0.05, 0.1) is 0 Å². The van der Waals surface area contributed by atoms with Gasteiger partial charge < -0.3 is 0 Å². The number of hydrogen-bond donors (Lipinski definition) is 0. The van der Waals surface area contributed by atoms with Crippen LogP contribution in [0.5, 0.6) is 0 Å². The fourth-order valence-electron chi connectivity index (χ4n) is 3.27. The van der Waals surface area contributed by atoms with Crippen molar-refractivity contribution < 1.29 is 0 Å². The van der Waals surface area contributed by atoms with Gasteiger partial charge in [0.15, 0.2) is 0 Å². The Morgan fingerprint density at radius 2 is 0.739 bits per heavy atom. The van der Waals surface area contributed by atoms with Crippen molar-refractivity contribution in [2.75, 3.05) is 0 Å². The Morgan fingerprint density at radius 3 is 1.09 bits per heavy atom. The summed E-state index contributed by atoms with van der Waals surface area (Å²) in [5.74, 6) is 0. The fraction of sp³-hybridized carbons (Fsp3) is 0.739. The molecule has 0 unspecified atom stereocenters. The normalized spacial score (nSPS) is 11.0. The molecule has 0 aliphatic rings. The molecule has 0 aromatic heterocycles. The zero-order valence-corrected chi connectivity index (χ0v) is 15.9. The van der Waals surface area contributed by atoms with Crippen LogP contribution in [0.4, 0.5) is 0 Å². The lowest BCUT2D eigenvalue weighted by Gasteiger charge is -2.05. The van der Waals surface area contributed by atoms with E-state index in [9.17, 15) is 0 Å². The molecule has 0 spiro atoms. The van der Waals surface area contributed by atoms with Crippen LogP contribution in [0, 0.1) is 0 Å². The molecule has 0 saturated carbocycles. The molecule has 0 nitrogen and oxygen atoms in total. The van der Waals surface area contributed by atoms with E-state index in [4.69, 9.17) is 0 Å². The molecule has 0 fully saturated rings. The van der Waals surface area contributed by atoms with Crippen molar-refractivity contribution in [3.8, 4) is 0 Å². The highest BCUT2D eigenvalue weighted by molar-refractivity contribution is 5.22. The molecule has 0 radical (unpaired) electrons. The van der Waals surface area contributed by atoms with Gasteiger partial charge in [0, 0.05) is 0 Å². The van der Waals surface area contributed by atoms with Gasteiger partial charge >= 0.3 is 0 Å². The van der Waals surface area contributed by atoms with Crippen LogP contribution in [-0.2, 0) is 12.8 Å². The maximum absolute atomic E-state index is 2.36. The van der Waals surface area contributed by atoms with Crippen molar-refractivity contribution >= 4 is 0 Å². The van der Waals surface area contributed by atoms with Gasteiger partial charge in [0.1, 0.15) is 0 Å². The number of unbranched alkanes of at least 4 members (excludes halogenated alkanes) is 11. The third kappa shape index (κ3) is 11.4. The second kappa shape index (κ2) is 14.8. The van der Waals surface area contributed by atoms with Crippen LogP contribution in [0.3, 0.4) is 0 Å². The predicted octanol–water partition coefficient (Wildman–Crippen LogP) is 7.88. The molecule has 23 heavy (non-hydrogen) atoms. The first-order valence-electron chi connectivity index (χ1n) is 10.4. The molecule has 0 heteroatoms. The van der Waals surface area contributed by atoms with E-state index in [0.29, 0.717) is 0 Å². The summed E-state index contributed by atoms with van der Waals surface area (Å²) in [6.07, 6.45) is 20.7. The molecule has 1 aromatic rings. The van der Waals surface area contributed by atoms with Crippen LogP contribution >= 0.6 is 0 Å². The van der Waals surface area contributed by atoms with Gasteiger partial charge in [-0.2, -0.15) is 0 Å². The molecular formula is C23H40.